The molecule has 2 fully saturated rings. The Morgan fingerprint density at radius 3 is 2.30 bits per heavy atom. The quantitative estimate of drug-likeness (QED) is 0.165. The number of hydrogen-bond donors (Lipinski definition) is 3. The van der Waals surface area contributed by atoms with E-state index in [2.05, 4.69) is 61.9 Å². The summed E-state index contributed by atoms with van der Waals surface area (Å²) in [5.74, 6) is -0.848. The van der Waals surface area contributed by atoms with Crippen molar-refractivity contribution < 1.29 is 23.4 Å². The first-order valence-corrected chi connectivity index (χ1v) is 15.5. The summed E-state index contributed by atoms with van der Waals surface area (Å²) in [6, 6.07) is 8.41. The third kappa shape index (κ3) is 8.05. The zero-order valence-electron chi connectivity index (χ0n) is 24.5. The van der Waals surface area contributed by atoms with E-state index in [1.165, 1.54) is 12.4 Å². The number of halogens is 4. The number of para-hydroxylation sites is 1. The van der Waals surface area contributed by atoms with Crippen LogP contribution in [0.15, 0.2) is 57.4 Å². The van der Waals surface area contributed by atoms with Crippen LogP contribution in [0.1, 0.15) is 23.1 Å². The van der Waals surface area contributed by atoms with Crippen LogP contribution in [0.2, 0.25) is 5.02 Å². The van der Waals surface area contributed by atoms with E-state index < -0.39 is 17.7 Å². The number of rotatable bonds is 9. The van der Waals surface area contributed by atoms with Gasteiger partial charge in [-0.15, -0.1) is 0 Å². The molecule has 0 radical (unpaired) electrons. The molecule has 3 aromatic heterocycles. The molecule has 0 bridgehead atoms. The molecule has 47 heavy (non-hydrogen) atoms. The highest BCUT2D eigenvalue weighted by Gasteiger charge is 2.27. The summed E-state index contributed by atoms with van der Waals surface area (Å²) >= 11 is 9.44. The summed E-state index contributed by atoms with van der Waals surface area (Å²) in [4.78, 5) is 24.7. The standard InChI is InChI=1S/C29H27BrClF2N11O3/c30-18-10-19(13-37-42-28-34-14-21(32)26(39-28)43-4-7-46-8-5-43)38-23(11-18)24-16-44(6-9-47-24)27-22(33)15-35-29(40-27)41-36-12-17-2-1-3-20(31)25(17)45/h1-3,10-15,24,45H,4-9,16H2,(H,34,39,42)(H,35,40,41)/b36-12+,37-13+. The molecule has 6 rings (SSSR count). The van der Waals surface area contributed by atoms with E-state index in [4.69, 9.17) is 21.1 Å². The van der Waals surface area contributed by atoms with E-state index in [0.717, 1.165) is 16.9 Å². The van der Waals surface area contributed by atoms with E-state index in [1.807, 2.05) is 0 Å². The second-order valence-corrected chi connectivity index (χ2v) is 11.5. The average Bonchev–Trinajstić information content (AvgIpc) is 3.08. The number of aromatic hydroxyl groups is 1. The summed E-state index contributed by atoms with van der Waals surface area (Å²) in [6.45, 7) is 2.94. The maximum absolute atomic E-state index is 14.9. The molecule has 2 aliphatic rings. The largest absolute Gasteiger partial charge is 0.506 e. The summed E-state index contributed by atoms with van der Waals surface area (Å²) in [7, 11) is 0. The van der Waals surface area contributed by atoms with Gasteiger partial charge in [-0.05, 0) is 24.3 Å². The van der Waals surface area contributed by atoms with Crippen LogP contribution in [-0.4, -0.2) is 88.5 Å². The number of phenolic OH excluding ortho intramolecular Hbond substituents is 1. The van der Waals surface area contributed by atoms with Crippen LogP contribution >= 0.6 is 27.5 Å². The van der Waals surface area contributed by atoms with Gasteiger partial charge in [-0.2, -0.15) is 20.2 Å². The second kappa shape index (κ2) is 14.9. The van der Waals surface area contributed by atoms with Crippen molar-refractivity contribution in [1.29, 1.82) is 0 Å². The first-order valence-electron chi connectivity index (χ1n) is 14.3. The smallest absolute Gasteiger partial charge is 0.245 e. The number of pyridine rings is 1. The van der Waals surface area contributed by atoms with Gasteiger partial charge in [0, 0.05) is 29.7 Å². The number of morpholine rings is 2. The number of ether oxygens (including phenoxy) is 2. The fraction of sp³-hybridized carbons (Fsp3) is 0.276. The monoisotopic (exact) mass is 729 g/mol. The number of aromatic nitrogens is 5. The van der Waals surface area contributed by atoms with Crippen molar-refractivity contribution in [3.63, 3.8) is 0 Å². The highest BCUT2D eigenvalue weighted by Crippen LogP contribution is 2.29. The number of nitrogens with zero attached hydrogens (tertiary/aromatic N) is 9. The maximum Gasteiger partial charge on any atom is 0.245 e. The highest BCUT2D eigenvalue weighted by molar-refractivity contribution is 9.10. The molecule has 0 amide bonds. The van der Waals surface area contributed by atoms with Crippen molar-refractivity contribution >= 4 is 63.5 Å². The van der Waals surface area contributed by atoms with Crippen LogP contribution in [0.5, 0.6) is 5.75 Å². The fourth-order valence-electron chi connectivity index (χ4n) is 4.78. The SMILES string of the molecule is Oc1c(Cl)cccc1/C=N/Nc1ncc(F)c(N2CCOC(c3cc(Br)cc(/C=N/Nc4ncc(F)c(N5CCOCC5)n4)n3)C2)n1. The van der Waals surface area contributed by atoms with Crippen molar-refractivity contribution in [3.8, 4) is 5.75 Å². The Labute approximate surface area is 280 Å². The van der Waals surface area contributed by atoms with Crippen LogP contribution in [0.25, 0.3) is 0 Å². The Morgan fingerprint density at radius 1 is 0.915 bits per heavy atom. The minimum absolute atomic E-state index is 0.0518. The first-order chi connectivity index (χ1) is 22.8. The molecule has 18 heteroatoms. The zero-order valence-corrected chi connectivity index (χ0v) is 26.9. The van der Waals surface area contributed by atoms with Gasteiger partial charge in [0.1, 0.15) is 11.9 Å². The van der Waals surface area contributed by atoms with Crippen molar-refractivity contribution in [2.75, 3.05) is 66.7 Å². The van der Waals surface area contributed by atoms with E-state index in [9.17, 15) is 13.9 Å². The number of nitrogens with one attached hydrogen (secondary N) is 2. The summed E-state index contributed by atoms with van der Waals surface area (Å²) < 4.78 is 41.3. The minimum atomic E-state index is -0.617. The Hall–Kier alpha value is -4.58. The van der Waals surface area contributed by atoms with Gasteiger partial charge in [0.15, 0.2) is 23.3 Å². The van der Waals surface area contributed by atoms with E-state index in [1.54, 1.807) is 40.1 Å². The summed E-state index contributed by atoms with van der Waals surface area (Å²) in [6.07, 6.45) is 4.45. The first kappa shape index (κ1) is 32.4. The van der Waals surface area contributed by atoms with Gasteiger partial charge in [-0.25, -0.2) is 34.6 Å². The molecule has 1 unspecified atom stereocenters. The lowest BCUT2D eigenvalue weighted by molar-refractivity contribution is 0.0365. The topological polar surface area (TPSA) is 158 Å². The summed E-state index contributed by atoms with van der Waals surface area (Å²) in [5.41, 5.74) is 6.83. The predicted octanol–water partition coefficient (Wildman–Crippen LogP) is 4.37. The lowest BCUT2D eigenvalue weighted by Crippen LogP contribution is -2.39. The van der Waals surface area contributed by atoms with Crippen molar-refractivity contribution in [2.45, 2.75) is 6.10 Å². The Kier molecular flexibility index (Phi) is 10.3. The molecule has 5 heterocycles. The minimum Gasteiger partial charge on any atom is -0.506 e. The number of hydrazone groups is 2. The summed E-state index contributed by atoms with van der Waals surface area (Å²) in [5, 5.41) is 18.5. The predicted molar refractivity (Wildman–Crippen MR) is 175 cm³/mol. The molecule has 0 saturated carbocycles. The Bertz CT molecular complexity index is 1800. The number of hydrogen-bond acceptors (Lipinski definition) is 14. The lowest BCUT2D eigenvalue weighted by atomic mass is 10.1. The van der Waals surface area contributed by atoms with Gasteiger partial charge in [-0.1, -0.05) is 33.6 Å². The van der Waals surface area contributed by atoms with Crippen molar-refractivity contribution in [2.24, 2.45) is 10.2 Å². The van der Waals surface area contributed by atoms with Gasteiger partial charge < -0.3 is 24.4 Å². The number of benzene rings is 1. The van der Waals surface area contributed by atoms with Gasteiger partial charge in [0.25, 0.3) is 0 Å². The molecule has 2 saturated heterocycles. The van der Waals surface area contributed by atoms with E-state index in [0.29, 0.717) is 49.8 Å². The van der Waals surface area contributed by atoms with Crippen LogP contribution in [0.3, 0.4) is 0 Å². The van der Waals surface area contributed by atoms with Gasteiger partial charge in [0.2, 0.25) is 11.9 Å². The molecule has 2 aliphatic heterocycles. The Balaban J connectivity index is 1.12. The van der Waals surface area contributed by atoms with Gasteiger partial charge >= 0.3 is 0 Å². The molecule has 3 N–H and O–H groups in total. The maximum atomic E-state index is 14.9. The third-order valence-corrected chi connectivity index (χ3v) is 7.80. The molecule has 14 nitrogen and oxygen atoms in total. The molecule has 1 atom stereocenters. The Morgan fingerprint density at radius 2 is 1.57 bits per heavy atom. The van der Waals surface area contributed by atoms with Crippen LogP contribution in [0.4, 0.5) is 32.3 Å². The van der Waals surface area contributed by atoms with E-state index in [-0.39, 0.29) is 47.5 Å². The molecule has 0 spiro atoms. The van der Waals surface area contributed by atoms with Crippen molar-refractivity contribution in [1.82, 2.24) is 24.9 Å². The molecular weight excluding hydrogens is 704 g/mol. The van der Waals surface area contributed by atoms with Gasteiger partial charge in [0.05, 0.1) is 67.6 Å². The number of phenols is 1. The van der Waals surface area contributed by atoms with Crippen LogP contribution in [0, 0.1) is 11.6 Å². The van der Waals surface area contributed by atoms with Crippen LogP contribution < -0.4 is 20.7 Å². The zero-order chi connectivity index (χ0) is 32.8. The molecule has 1 aromatic carbocycles. The van der Waals surface area contributed by atoms with Crippen molar-refractivity contribution in [3.05, 3.63) is 80.8 Å². The molecule has 0 aliphatic carbocycles. The third-order valence-electron chi connectivity index (χ3n) is 7.03. The fourth-order valence-corrected chi connectivity index (χ4v) is 5.44. The highest BCUT2D eigenvalue weighted by atomic mass is 79.9. The van der Waals surface area contributed by atoms with Gasteiger partial charge in [-0.3, -0.25) is 0 Å². The average molecular weight is 731 g/mol. The lowest BCUT2D eigenvalue weighted by Gasteiger charge is -2.33. The normalized spacial score (nSPS) is 17.1. The van der Waals surface area contributed by atoms with Crippen LogP contribution in [-0.2, 0) is 9.47 Å². The second-order valence-electron chi connectivity index (χ2n) is 10.2. The van der Waals surface area contributed by atoms with E-state index >= 15 is 0 Å². The molecule has 4 aromatic rings. The molecular formula is C29H27BrClF2N11O3. The molecule has 244 valence electrons. The number of anilines is 4.